The molecule has 0 N–H and O–H groups in total. The Morgan fingerprint density at radius 3 is 2.59 bits per heavy atom. The van der Waals surface area contributed by atoms with Crippen molar-refractivity contribution in [2.45, 2.75) is 0 Å². The molecule has 0 radical (unpaired) electrons. The van der Waals surface area contributed by atoms with Gasteiger partial charge in [0.1, 0.15) is 0 Å². The molecule has 3 rings (SSSR count). The maximum Gasteiger partial charge on any atom is 0.150 e. The number of fused-ring (bicyclic) bond motifs is 2. The Kier molecular flexibility index (Phi) is 2.34. The van der Waals surface area contributed by atoms with Crippen LogP contribution in [0.5, 0.6) is 0 Å². The molecule has 0 amide bonds. The largest absolute Gasteiger partial charge is 0.298 e. The van der Waals surface area contributed by atoms with Crippen LogP contribution in [0.2, 0.25) is 5.02 Å². The monoisotopic (exact) mass is 240 g/mol. The maximum absolute atomic E-state index is 11.0. The van der Waals surface area contributed by atoms with Gasteiger partial charge in [0.25, 0.3) is 0 Å². The molecule has 0 saturated heterocycles. The molecular weight excluding hydrogens is 232 g/mol. The van der Waals surface area contributed by atoms with Crippen molar-refractivity contribution >= 4 is 39.4 Å². The van der Waals surface area contributed by atoms with Crippen molar-refractivity contribution in [1.29, 1.82) is 0 Å². The Hall–Kier alpha value is -1.86. The van der Waals surface area contributed by atoms with Crippen LogP contribution in [0.3, 0.4) is 0 Å². The number of benzene rings is 3. The van der Waals surface area contributed by atoms with Crippen LogP contribution in [0.25, 0.3) is 21.5 Å². The summed E-state index contributed by atoms with van der Waals surface area (Å²) in [5.74, 6) is 0. The van der Waals surface area contributed by atoms with E-state index in [1.165, 1.54) is 0 Å². The standard InChI is InChI=1S/C15H9ClO/c16-14-5-4-10-6-11-2-1-3-12(9-17)15(11)8-13(10)7-14/h1-9H. The highest BCUT2D eigenvalue weighted by molar-refractivity contribution is 6.31. The van der Waals surface area contributed by atoms with Gasteiger partial charge >= 0.3 is 0 Å². The number of carbonyl (C=O) groups is 1. The predicted molar refractivity (Wildman–Crippen MR) is 71.9 cm³/mol. The van der Waals surface area contributed by atoms with Gasteiger partial charge in [-0.15, -0.1) is 0 Å². The molecule has 0 atom stereocenters. The molecule has 82 valence electrons. The lowest BCUT2D eigenvalue weighted by molar-refractivity contribution is 0.112. The first-order chi connectivity index (χ1) is 8.28. The summed E-state index contributed by atoms with van der Waals surface area (Å²) in [6, 6.07) is 15.6. The maximum atomic E-state index is 11.0. The first-order valence-electron chi connectivity index (χ1n) is 5.35. The van der Waals surface area contributed by atoms with Gasteiger partial charge in [0.15, 0.2) is 6.29 Å². The number of carbonyl (C=O) groups excluding carboxylic acids is 1. The van der Waals surface area contributed by atoms with E-state index in [4.69, 9.17) is 11.6 Å². The van der Waals surface area contributed by atoms with Crippen LogP contribution in [0.1, 0.15) is 10.4 Å². The second-order valence-electron chi connectivity index (χ2n) is 4.03. The van der Waals surface area contributed by atoms with Gasteiger partial charge in [0.05, 0.1) is 0 Å². The van der Waals surface area contributed by atoms with Gasteiger partial charge in [-0.25, -0.2) is 0 Å². The lowest BCUT2D eigenvalue weighted by atomic mass is 10.0. The van der Waals surface area contributed by atoms with E-state index in [2.05, 4.69) is 6.07 Å². The molecule has 0 unspecified atom stereocenters. The van der Waals surface area contributed by atoms with Crippen molar-refractivity contribution in [3.8, 4) is 0 Å². The summed E-state index contributed by atoms with van der Waals surface area (Å²) in [6.07, 6.45) is 0.888. The van der Waals surface area contributed by atoms with Crippen molar-refractivity contribution in [3.63, 3.8) is 0 Å². The molecule has 0 spiro atoms. The Labute approximate surface area is 104 Å². The van der Waals surface area contributed by atoms with Crippen LogP contribution in [0, 0.1) is 0 Å². The SMILES string of the molecule is O=Cc1cccc2cc3ccc(Cl)cc3cc12. The van der Waals surface area contributed by atoms with E-state index in [1.54, 1.807) is 0 Å². The molecule has 0 bridgehead atoms. The molecule has 0 aromatic heterocycles. The van der Waals surface area contributed by atoms with Crippen LogP contribution < -0.4 is 0 Å². The van der Waals surface area contributed by atoms with E-state index in [1.807, 2.05) is 42.5 Å². The third-order valence-corrected chi connectivity index (χ3v) is 3.20. The van der Waals surface area contributed by atoms with Crippen molar-refractivity contribution < 1.29 is 4.79 Å². The molecule has 3 aromatic rings. The summed E-state index contributed by atoms with van der Waals surface area (Å²) >= 11 is 5.97. The van der Waals surface area contributed by atoms with Crippen LogP contribution in [-0.4, -0.2) is 6.29 Å². The molecule has 0 fully saturated rings. The first kappa shape index (κ1) is 10.3. The van der Waals surface area contributed by atoms with Gasteiger partial charge in [-0.1, -0.05) is 35.9 Å². The van der Waals surface area contributed by atoms with Crippen molar-refractivity contribution in [3.05, 3.63) is 59.1 Å². The highest BCUT2D eigenvalue weighted by Crippen LogP contribution is 2.26. The zero-order chi connectivity index (χ0) is 11.8. The molecule has 0 heterocycles. The average molecular weight is 241 g/mol. The number of aldehydes is 1. The summed E-state index contributed by atoms with van der Waals surface area (Å²) in [7, 11) is 0. The van der Waals surface area contributed by atoms with Crippen molar-refractivity contribution in [1.82, 2.24) is 0 Å². The topological polar surface area (TPSA) is 17.1 Å². The summed E-state index contributed by atoms with van der Waals surface area (Å²) in [4.78, 5) is 11.0. The van der Waals surface area contributed by atoms with Crippen LogP contribution in [0.4, 0.5) is 0 Å². The van der Waals surface area contributed by atoms with Crippen LogP contribution in [-0.2, 0) is 0 Å². The van der Waals surface area contributed by atoms with Crippen LogP contribution in [0.15, 0.2) is 48.5 Å². The quantitative estimate of drug-likeness (QED) is 0.453. The molecule has 1 nitrogen and oxygen atoms in total. The predicted octanol–water partition coefficient (Wildman–Crippen LogP) is 4.46. The first-order valence-corrected chi connectivity index (χ1v) is 5.73. The summed E-state index contributed by atoms with van der Waals surface area (Å²) in [5.41, 5.74) is 0.712. The fourth-order valence-corrected chi connectivity index (χ4v) is 2.30. The normalized spacial score (nSPS) is 10.9. The molecule has 0 aliphatic rings. The van der Waals surface area contributed by atoms with E-state index in [0.29, 0.717) is 10.6 Å². The van der Waals surface area contributed by atoms with Crippen molar-refractivity contribution in [2.24, 2.45) is 0 Å². The van der Waals surface area contributed by atoms with E-state index >= 15 is 0 Å². The zero-order valence-electron chi connectivity index (χ0n) is 8.98. The number of hydrogen-bond donors (Lipinski definition) is 0. The second kappa shape index (κ2) is 3.86. The van der Waals surface area contributed by atoms with E-state index in [0.717, 1.165) is 27.8 Å². The molecule has 0 aliphatic carbocycles. The summed E-state index contributed by atoms with van der Waals surface area (Å²) in [5, 5.41) is 4.94. The minimum atomic E-state index is 0.709. The highest BCUT2D eigenvalue weighted by Gasteiger charge is 2.02. The second-order valence-corrected chi connectivity index (χ2v) is 4.47. The van der Waals surface area contributed by atoms with E-state index in [9.17, 15) is 4.79 Å². The Bertz CT molecular complexity index is 731. The lowest BCUT2D eigenvalue weighted by Gasteiger charge is -2.04. The Morgan fingerprint density at radius 2 is 1.76 bits per heavy atom. The fraction of sp³-hybridized carbons (Fsp3) is 0. The molecular formula is C15H9ClO. The van der Waals surface area contributed by atoms with Gasteiger partial charge in [-0.2, -0.15) is 0 Å². The number of halogens is 1. The minimum absolute atomic E-state index is 0.709. The average Bonchev–Trinajstić information content (AvgIpc) is 2.35. The van der Waals surface area contributed by atoms with Gasteiger partial charge in [0.2, 0.25) is 0 Å². The van der Waals surface area contributed by atoms with Gasteiger partial charge in [0, 0.05) is 10.6 Å². The summed E-state index contributed by atoms with van der Waals surface area (Å²) in [6.45, 7) is 0. The van der Waals surface area contributed by atoms with Crippen LogP contribution >= 0.6 is 11.6 Å². The van der Waals surface area contributed by atoms with Gasteiger partial charge in [-0.05, 0) is 45.8 Å². The summed E-state index contributed by atoms with van der Waals surface area (Å²) < 4.78 is 0. The smallest absolute Gasteiger partial charge is 0.150 e. The molecule has 0 saturated carbocycles. The van der Waals surface area contributed by atoms with Gasteiger partial charge < -0.3 is 0 Å². The molecule has 17 heavy (non-hydrogen) atoms. The molecule has 0 aliphatic heterocycles. The zero-order valence-corrected chi connectivity index (χ0v) is 9.74. The third kappa shape index (κ3) is 1.69. The molecule has 2 heteroatoms. The third-order valence-electron chi connectivity index (χ3n) is 2.96. The number of rotatable bonds is 1. The van der Waals surface area contributed by atoms with Crippen molar-refractivity contribution in [2.75, 3.05) is 0 Å². The van der Waals surface area contributed by atoms with E-state index in [-0.39, 0.29) is 0 Å². The number of hydrogen-bond acceptors (Lipinski definition) is 1. The molecule has 3 aromatic carbocycles. The minimum Gasteiger partial charge on any atom is -0.298 e. The fourth-order valence-electron chi connectivity index (χ4n) is 2.12. The highest BCUT2D eigenvalue weighted by atomic mass is 35.5. The Morgan fingerprint density at radius 1 is 0.882 bits per heavy atom. The van der Waals surface area contributed by atoms with E-state index < -0.39 is 0 Å². The Balaban J connectivity index is 2.48. The van der Waals surface area contributed by atoms with Gasteiger partial charge in [-0.3, -0.25) is 4.79 Å². The lowest BCUT2D eigenvalue weighted by Crippen LogP contribution is -1.83.